The van der Waals surface area contributed by atoms with Crippen LogP contribution in [-0.4, -0.2) is 43.4 Å². The fourth-order valence-electron chi connectivity index (χ4n) is 3.68. The molecule has 1 fully saturated rings. The molecular weight excluding hydrogens is 462 g/mol. The summed E-state index contributed by atoms with van der Waals surface area (Å²) in [6, 6.07) is 9.73. The third kappa shape index (κ3) is 4.52. The van der Waals surface area contributed by atoms with E-state index in [0.717, 1.165) is 40.7 Å². The third-order valence-corrected chi connectivity index (χ3v) is 5.98. The highest BCUT2D eigenvalue weighted by Crippen LogP contribution is 2.28. The molecule has 1 atom stereocenters. The van der Waals surface area contributed by atoms with Crippen LogP contribution in [0.1, 0.15) is 29.7 Å². The molecule has 1 aliphatic heterocycles. The highest BCUT2D eigenvalue weighted by molar-refractivity contribution is 9.10. The predicted molar refractivity (Wildman–Crippen MR) is 117 cm³/mol. The number of ether oxygens (including phenoxy) is 1. The molecule has 4 rings (SSSR count). The van der Waals surface area contributed by atoms with Gasteiger partial charge in [-0.25, -0.2) is 0 Å². The number of benzene rings is 1. The number of nitrogens with one attached hydrogen (secondary N) is 1. The van der Waals surface area contributed by atoms with Crippen molar-refractivity contribution in [2.75, 3.05) is 11.9 Å². The Morgan fingerprint density at radius 1 is 1.35 bits per heavy atom. The first-order valence-corrected chi connectivity index (χ1v) is 10.8. The zero-order chi connectivity index (χ0) is 22.0. The van der Waals surface area contributed by atoms with Gasteiger partial charge >= 0.3 is 0 Å². The second kappa shape index (κ2) is 8.99. The van der Waals surface area contributed by atoms with Crippen molar-refractivity contribution < 1.29 is 9.53 Å². The minimum absolute atomic E-state index is 0.0816. The van der Waals surface area contributed by atoms with Crippen LogP contribution < -0.4 is 5.32 Å². The van der Waals surface area contributed by atoms with Crippen LogP contribution in [0.15, 0.2) is 28.7 Å². The molecule has 2 aromatic heterocycles. The Kier molecular flexibility index (Phi) is 6.15. The molecule has 1 aromatic carbocycles. The van der Waals surface area contributed by atoms with Crippen LogP contribution in [0, 0.1) is 25.2 Å². The van der Waals surface area contributed by atoms with Crippen LogP contribution in [0.4, 0.5) is 5.82 Å². The number of hydrogen-bond acceptors (Lipinski definition) is 6. The van der Waals surface area contributed by atoms with E-state index >= 15 is 0 Å². The highest BCUT2D eigenvalue weighted by Gasteiger charge is 2.24. The maximum Gasteiger partial charge on any atom is 0.249 e. The van der Waals surface area contributed by atoms with Crippen LogP contribution in [0.5, 0.6) is 0 Å². The smallest absolute Gasteiger partial charge is 0.249 e. The molecule has 0 aliphatic carbocycles. The molecule has 3 heterocycles. The third-order valence-electron chi connectivity index (χ3n) is 5.45. The lowest BCUT2D eigenvalue weighted by Crippen LogP contribution is -2.24. The molecule has 3 aromatic rings. The van der Waals surface area contributed by atoms with Crippen molar-refractivity contribution in [3.05, 3.63) is 45.6 Å². The Bertz CT molecular complexity index is 1140. The van der Waals surface area contributed by atoms with E-state index in [0.29, 0.717) is 23.8 Å². The van der Waals surface area contributed by atoms with Gasteiger partial charge in [-0.15, -0.1) is 10.2 Å². The van der Waals surface area contributed by atoms with Crippen molar-refractivity contribution in [2.24, 2.45) is 0 Å². The standard InChI is InChI=1S/C21H22BrN7O2/c1-13-14(2)28(11-17-4-3-9-31-17)21(18(13)10-23)24-19(30)12-29-26-20(25-27-29)15-5-7-16(22)8-6-15/h5-8,17H,3-4,9,11-12H2,1-2H3,(H,24,30)/t17-/m1/s1. The van der Waals surface area contributed by atoms with Gasteiger partial charge in [0.1, 0.15) is 18.4 Å². The first-order valence-electron chi connectivity index (χ1n) is 10.0. The summed E-state index contributed by atoms with van der Waals surface area (Å²) in [5.41, 5.74) is 3.07. The predicted octanol–water partition coefficient (Wildman–Crippen LogP) is 3.21. The number of aromatic nitrogens is 5. The van der Waals surface area contributed by atoms with Crippen molar-refractivity contribution in [3.8, 4) is 17.5 Å². The van der Waals surface area contributed by atoms with E-state index in [1.165, 1.54) is 4.80 Å². The number of rotatable bonds is 6. The number of tetrazole rings is 1. The fourth-order valence-corrected chi connectivity index (χ4v) is 3.94. The molecule has 0 bridgehead atoms. The Labute approximate surface area is 188 Å². The maximum atomic E-state index is 12.8. The molecule has 1 N–H and O–H groups in total. The van der Waals surface area contributed by atoms with Gasteiger partial charge in [-0.3, -0.25) is 4.79 Å². The van der Waals surface area contributed by atoms with Crippen molar-refractivity contribution in [1.82, 2.24) is 24.8 Å². The minimum Gasteiger partial charge on any atom is -0.376 e. The Hall–Kier alpha value is -3.03. The Morgan fingerprint density at radius 3 is 2.81 bits per heavy atom. The van der Waals surface area contributed by atoms with Crippen molar-refractivity contribution in [1.29, 1.82) is 5.26 Å². The van der Waals surface area contributed by atoms with Gasteiger partial charge in [-0.1, -0.05) is 15.9 Å². The molecule has 1 saturated heterocycles. The van der Waals surface area contributed by atoms with Crippen LogP contribution >= 0.6 is 15.9 Å². The van der Waals surface area contributed by atoms with Gasteiger partial charge in [0.2, 0.25) is 11.7 Å². The van der Waals surface area contributed by atoms with Crippen LogP contribution in [0.2, 0.25) is 0 Å². The van der Waals surface area contributed by atoms with Crippen LogP contribution in [0.3, 0.4) is 0 Å². The number of carbonyl (C=O) groups is 1. The summed E-state index contributed by atoms with van der Waals surface area (Å²) in [5.74, 6) is 0.597. The molecular formula is C21H22BrN7O2. The van der Waals surface area contributed by atoms with E-state index in [4.69, 9.17) is 4.74 Å². The number of nitriles is 1. The molecule has 160 valence electrons. The average Bonchev–Trinajstić information content (AvgIpc) is 3.47. The number of amides is 1. The zero-order valence-electron chi connectivity index (χ0n) is 17.3. The van der Waals surface area contributed by atoms with Crippen LogP contribution in [-0.2, 0) is 22.6 Å². The normalized spacial score (nSPS) is 15.7. The van der Waals surface area contributed by atoms with E-state index in [2.05, 4.69) is 42.7 Å². The van der Waals surface area contributed by atoms with Gasteiger partial charge in [0.15, 0.2) is 0 Å². The van der Waals surface area contributed by atoms with E-state index in [9.17, 15) is 10.1 Å². The van der Waals surface area contributed by atoms with E-state index in [-0.39, 0.29) is 18.6 Å². The number of anilines is 1. The van der Waals surface area contributed by atoms with E-state index in [1.807, 2.05) is 42.7 Å². The van der Waals surface area contributed by atoms with Gasteiger partial charge in [-0.2, -0.15) is 10.1 Å². The van der Waals surface area contributed by atoms with Crippen molar-refractivity contribution >= 4 is 27.7 Å². The second-order valence-electron chi connectivity index (χ2n) is 7.49. The molecule has 9 nitrogen and oxygen atoms in total. The number of hydrogen-bond donors (Lipinski definition) is 1. The SMILES string of the molecule is Cc1c(C#N)c(NC(=O)Cn2nnc(-c3ccc(Br)cc3)n2)n(C[C@H]2CCCO2)c1C. The topological polar surface area (TPSA) is 111 Å². The lowest BCUT2D eigenvalue weighted by atomic mass is 10.2. The summed E-state index contributed by atoms with van der Waals surface area (Å²) < 4.78 is 8.66. The quantitative estimate of drug-likeness (QED) is 0.576. The summed E-state index contributed by atoms with van der Waals surface area (Å²) in [6.07, 6.45) is 2.07. The van der Waals surface area contributed by atoms with Gasteiger partial charge < -0.3 is 14.6 Å². The molecule has 1 aliphatic rings. The molecule has 10 heteroatoms. The Morgan fingerprint density at radius 2 is 2.13 bits per heavy atom. The van der Waals surface area contributed by atoms with Gasteiger partial charge in [0, 0.05) is 22.3 Å². The lowest BCUT2D eigenvalue weighted by Gasteiger charge is -2.16. The summed E-state index contributed by atoms with van der Waals surface area (Å²) in [7, 11) is 0. The first-order chi connectivity index (χ1) is 15.0. The van der Waals surface area contributed by atoms with Gasteiger partial charge in [0.25, 0.3) is 0 Å². The summed E-state index contributed by atoms with van der Waals surface area (Å²) in [4.78, 5) is 14.0. The zero-order valence-corrected chi connectivity index (χ0v) is 18.9. The largest absolute Gasteiger partial charge is 0.376 e. The Balaban J connectivity index is 1.51. The average molecular weight is 484 g/mol. The molecule has 1 amide bonds. The highest BCUT2D eigenvalue weighted by atomic mass is 79.9. The molecule has 0 saturated carbocycles. The molecule has 0 radical (unpaired) electrons. The summed E-state index contributed by atoms with van der Waals surface area (Å²) >= 11 is 3.39. The number of halogens is 1. The maximum absolute atomic E-state index is 12.8. The number of nitrogens with zero attached hydrogens (tertiary/aromatic N) is 6. The first kappa shape index (κ1) is 21.2. The van der Waals surface area contributed by atoms with E-state index < -0.39 is 0 Å². The van der Waals surface area contributed by atoms with Crippen molar-refractivity contribution in [3.63, 3.8) is 0 Å². The minimum atomic E-state index is -0.331. The number of carbonyl (C=O) groups excluding carboxylic acids is 1. The van der Waals surface area contributed by atoms with Crippen LogP contribution in [0.25, 0.3) is 11.4 Å². The fraction of sp³-hybridized carbons (Fsp3) is 0.381. The van der Waals surface area contributed by atoms with Gasteiger partial charge in [0.05, 0.1) is 18.2 Å². The lowest BCUT2D eigenvalue weighted by molar-refractivity contribution is -0.117. The second-order valence-corrected chi connectivity index (χ2v) is 8.41. The van der Waals surface area contributed by atoms with E-state index in [1.54, 1.807) is 0 Å². The molecule has 31 heavy (non-hydrogen) atoms. The summed E-state index contributed by atoms with van der Waals surface area (Å²) in [6.45, 7) is 5.07. The summed E-state index contributed by atoms with van der Waals surface area (Å²) in [5, 5.41) is 24.8. The van der Waals surface area contributed by atoms with Crippen molar-refractivity contribution in [2.45, 2.75) is 45.9 Å². The monoisotopic (exact) mass is 483 g/mol. The molecule has 0 spiro atoms. The molecule has 0 unspecified atom stereocenters. The van der Waals surface area contributed by atoms with Gasteiger partial charge in [-0.05, 0) is 61.7 Å².